The van der Waals surface area contributed by atoms with Gasteiger partial charge in [-0.05, 0) is 19.8 Å². The molecule has 0 aliphatic rings. The smallest absolute Gasteiger partial charge is 0.300 e. The summed E-state index contributed by atoms with van der Waals surface area (Å²) in [5, 5.41) is 0. The number of carbonyl (C=O) groups excluding carboxylic acids is 1. The first-order valence-electron chi connectivity index (χ1n) is 4.62. The van der Waals surface area contributed by atoms with E-state index in [2.05, 4.69) is 4.18 Å². The van der Waals surface area contributed by atoms with Crippen molar-refractivity contribution in [3.8, 4) is 0 Å². The van der Waals surface area contributed by atoms with E-state index in [-0.39, 0.29) is 12.2 Å². The highest BCUT2D eigenvalue weighted by Crippen LogP contribution is 2.24. The molecule has 0 spiro atoms. The number of unbranched alkanes of at least 4 members (excludes halogenated alkanes) is 2. The van der Waals surface area contributed by atoms with Crippen LogP contribution in [0.25, 0.3) is 0 Å². The van der Waals surface area contributed by atoms with Crippen LogP contribution in [0.15, 0.2) is 0 Å². The SMILES string of the molecule is CC(=O)CCCCCOS(=O)(=O)C(F)(F)F. The maximum absolute atomic E-state index is 11.8. The number of ketones is 1. The average Bonchev–Trinajstić information content (AvgIpc) is 2.08. The molecule has 0 amide bonds. The molecule has 0 radical (unpaired) electrons. The molecule has 8 heteroatoms. The summed E-state index contributed by atoms with van der Waals surface area (Å²) in [7, 11) is -5.47. The fourth-order valence-corrected chi connectivity index (χ4v) is 1.36. The van der Waals surface area contributed by atoms with Gasteiger partial charge in [-0.2, -0.15) is 21.6 Å². The van der Waals surface area contributed by atoms with Crippen molar-refractivity contribution in [2.24, 2.45) is 0 Å². The molecule has 0 atom stereocenters. The van der Waals surface area contributed by atoms with Crippen molar-refractivity contribution in [2.45, 2.75) is 38.1 Å². The van der Waals surface area contributed by atoms with E-state index in [9.17, 15) is 26.4 Å². The summed E-state index contributed by atoms with van der Waals surface area (Å²) in [4.78, 5) is 10.5. The molecule has 16 heavy (non-hydrogen) atoms. The number of Topliss-reactive ketones (excluding diaryl/α,β-unsaturated/α-hetero) is 1. The summed E-state index contributed by atoms with van der Waals surface area (Å²) in [6.07, 6.45) is 1.48. The molecule has 0 saturated carbocycles. The molecule has 0 heterocycles. The van der Waals surface area contributed by atoms with E-state index >= 15 is 0 Å². The predicted molar refractivity (Wildman–Crippen MR) is 50.1 cm³/mol. The highest BCUT2D eigenvalue weighted by atomic mass is 32.2. The average molecular weight is 262 g/mol. The van der Waals surface area contributed by atoms with Gasteiger partial charge in [0.2, 0.25) is 0 Å². The molecule has 96 valence electrons. The van der Waals surface area contributed by atoms with Crippen molar-refractivity contribution in [3.05, 3.63) is 0 Å². The third-order valence-corrected chi connectivity index (χ3v) is 2.74. The van der Waals surface area contributed by atoms with Crippen LogP contribution in [0, 0.1) is 0 Å². The van der Waals surface area contributed by atoms with Crippen LogP contribution in [-0.4, -0.2) is 26.3 Å². The Bertz CT molecular complexity index is 321. The van der Waals surface area contributed by atoms with Gasteiger partial charge in [-0.25, -0.2) is 0 Å². The minimum Gasteiger partial charge on any atom is -0.300 e. The lowest BCUT2D eigenvalue weighted by molar-refractivity contribution is -0.117. The van der Waals surface area contributed by atoms with E-state index in [0.717, 1.165) is 0 Å². The lowest BCUT2D eigenvalue weighted by Crippen LogP contribution is -2.25. The van der Waals surface area contributed by atoms with Crippen molar-refractivity contribution >= 4 is 15.9 Å². The quantitative estimate of drug-likeness (QED) is 0.400. The van der Waals surface area contributed by atoms with Crippen molar-refractivity contribution < 1.29 is 30.6 Å². The Morgan fingerprint density at radius 3 is 2.19 bits per heavy atom. The first-order chi connectivity index (χ1) is 7.17. The number of hydrogen-bond donors (Lipinski definition) is 0. The van der Waals surface area contributed by atoms with Crippen LogP contribution in [0.5, 0.6) is 0 Å². The molecule has 4 nitrogen and oxygen atoms in total. The number of rotatable bonds is 7. The maximum atomic E-state index is 11.8. The Morgan fingerprint density at radius 1 is 1.19 bits per heavy atom. The first kappa shape index (κ1) is 15.4. The number of hydrogen-bond acceptors (Lipinski definition) is 4. The molecule has 0 aromatic carbocycles. The van der Waals surface area contributed by atoms with Crippen LogP contribution in [0.2, 0.25) is 0 Å². The zero-order valence-electron chi connectivity index (χ0n) is 8.71. The van der Waals surface area contributed by atoms with Gasteiger partial charge in [0.15, 0.2) is 0 Å². The molecular formula is C8H13F3O4S. The Morgan fingerprint density at radius 2 is 1.75 bits per heavy atom. The summed E-state index contributed by atoms with van der Waals surface area (Å²) in [6, 6.07) is 0. The second-order valence-electron chi connectivity index (χ2n) is 3.23. The summed E-state index contributed by atoms with van der Waals surface area (Å²) in [5.74, 6) is -0.0103. The molecule has 0 fully saturated rings. The molecule has 0 saturated heterocycles. The first-order valence-corrected chi connectivity index (χ1v) is 6.03. The Labute approximate surface area is 91.9 Å². The molecule has 0 unspecified atom stereocenters. The molecule has 0 aliphatic carbocycles. The summed E-state index contributed by atoms with van der Waals surface area (Å²) in [5.41, 5.74) is -5.37. The van der Waals surface area contributed by atoms with Crippen molar-refractivity contribution in [1.29, 1.82) is 0 Å². The fraction of sp³-hybridized carbons (Fsp3) is 0.875. The normalized spacial score (nSPS) is 12.8. The molecule has 0 aromatic rings. The van der Waals surface area contributed by atoms with Crippen LogP contribution >= 0.6 is 0 Å². The van der Waals surface area contributed by atoms with Crippen molar-refractivity contribution in [2.75, 3.05) is 6.61 Å². The van der Waals surface area contributed by atoms with Crippen molar-refractivity contribution in [1.82, 2.24) is 0 Å². The maximum Gasteiger partial charge on any atom is 0.523 e. The van der Waals surface area contributed by atoms with Gasteiger partial charge in [0.25, 0.3) is 0 Å². The predicted octanol–water partition coefficient (Wildman–Crippen LogP) is 2.00. The largest absolute Gasteiger partial charge is 0.523 e. The van der Waals surface area contributed by atoms with E-state index in [4.69, 9.17) is 0 Å². The second-order valence-corrected chi connectivity index (χ2v) is 4.84. The fourth-order valence-electron chi connectivity index (χ4n) is 0.888. The summed E-state index contributed by atoms with van der Waals surface area (Å²) < 4.78 is 59.8. The number of carbonyl (C=O) groups is 1. The Balaban J connectivity index is 3.72. The monoisotopic (exact) mass is 262 g/mol. The van der Waals surface area contributed by atoms with E-state index in [0.29, 0.717) is 19.3 Å². The Kier molecular flexibility index (Phi) is 5.95. The molecule has 0 bridgehead atoms. The summed E-state index contributed by atoms with van der Waals surface area (Å²) in [6.45, 7) is 0.893. The molecule has 0 aromatic heterocycles. The number of halogens is 3. The third-order valence-electron chi connectivity index (χ3n) is 1.70. The van der Waals surface area contributed by atoms with Crippen LogP contribution in [0.1, 0.15) is 32.6 Å². The third kappa shape index (κ3) is 6.06. The zero-order chi connectivity index (χ0) is 12.8. The molecule has 0 N–H and O–H groups in total. The lowest BCUT2D eigenvalue weighted by atomic mass is 10.1. The van der Waals surface area contributed by atoms with Crippen LogP contribution in [-0.2, 0) is 19.1 Å². The van der Waals surface area contributed by atoms with Gasteiger partial charge < -0.3 is 4.79 Å². The summed E-state index contributed by atoms with van der Waals surface area (Å²) >= 11 is 0. The van der Waals surface area contributed by atoms with Gasteiger partial charge in [-0.15, -0.1) is 0 Å². The highest BCUT2D eigenvalue weighted by molar-refractivity contribution is 7.87. The van der Waals surface area contributed by atoms with Gasteiger partial charge in [0.1, 0.15) is 5.78 Å². The number of alkyl halides is 3. The minimum absolute atomic E-state index is 0.0103. The zero-order valence-corrected chi connectivity index (χ0v) is 9.53. The second kappa shape index (κ2) is 6.19. The van der Waals surface area contributed by atoms with Gasteiger partial charge in [0, 0.05) is 6.42 Å². The molecular weight excluding hydrogens is 249 g/mol. The van der Waals surface area contributed by atoms with Crippen LogP contribution < -0.4 is 0 Å². The van der Waals surface area contributed by atoms with Crippen molar-refractivity contribution in [3.63, 3.8) is 0 Å². The van der Waals surface area contributed by atoms with Crippen LogP contribution in [0.4, 0.5) is 13.2 Å². The standard InChI is InChI=1S/C8H13F3O4S/c1-7(12)5-3-2-4-6-15-16(13,14)8(9,10)11/h2-6H2,1H3. The van der Waals surface area contributed by atoms with E-state index in [1.54, 1.807) is 0 Å². The highest BCUT2D eigenvalue weighted by Gasteiger charge is 2.47. The Hall–Kier alpha value is -0.630. The molecule has 0 rings (SSSR count). The molecule has 0 aliphatic heterocycles. The lowest BCUT2D eigenvalue weighted by Gasteiger charge is -2.07. The van der Waals surface area contributed by atoms with Gasteiger partial charge in [-0.1, -0.05) is 6.42 Å². The topological polar surface area (TPSA) is 60.4 Å². The van der Waals surface area contributed by atoms with E-state index < -0.39 is 22.2 Å². The van der Waals surface area contributed by atoms with Gasteiger partial charge in [-0.3, -0.25) is 4.18 Å². The van der Waals surface area contributed by atoms with E-state index in [1.807, 2.05) is 0 Å². The minimum atomic E-state index is -5.47. The van der Waals surface area contributed by atoms with Gasteiger partial charge in [0.05, 0.1) is 6.61 Å². The van der Waals surface area contributed by atoms with Crippen LogP contribution in [0.3, 0.4) is 0 Å². The van der Waals surface area contributed by atoms with E-state index in [1.165, 1.54) is 6.92 Å². The van der Waals surface area contributed by atoms with Gasteiger partial charge >= 0.3 is 15.6 Å².